The molecule has 4 N–H and O–H groups in total. The molecule has 3 aliphatic heterocycles. The average Bonchev–Trinajstić information content (AvgIpc) is 3.48. The number of nitrogens with two attached hydrogens (primary N) is 2. The fraction of sp³-hybridized carbons (Fsp3) is 0.591. The molecule has 12 heteroatoms. The molecule has 0 radical (unpaired) electrons. The number of carbonyl (C=O) groups excluding carboxylic acids is 1. The number of halogens is 1. The van der Waals surface area contributed by atoms with E-state index in [1.807, 2.05) is 0 Å². The first kappa shape index (κ1) is 22.7. The summed E-state index contributed by atoms with van der Waals surface area (Å²) in [4.78, 5) is 36.8. The van der Waals surface area contributed by atoms with Gasteiger partial charge in [0.1, 0.15) is 18.5 Å². The Morgan fingerprint density at radius 1 is 1.21 bits per heavy atom. The zero-order valence-corrected chi connectivity index (χ0v) is 19.3. The first-order valence-corrected chi connectivity index (χ1v) is 11.6. The van der Waals surface area contributed by atoms with Crippen molar-refractivity contribution in [3.8, 4) is 11.3 Å². The Kier molecular flexibility index (Phi) is 5.94. The van der Waals surface area contributed by atoms with Crippen molar-refractivity contribution >= 4 is 23.6 Å². The number of carbonyl (C=O) groups is 1. The zero-order valence-electron chi connectivity index (χ0n) is 19.3. The number of fused-ring (bicyclic) bond motifs is 1. The third kappa shape index (κ3) is 4.00. The zero-order chi connectivity index (χ0) is 23.9. The van der Waals surface area contributed by atoms with Crippen LogP contribution in [0.1, 0.15) is 18.9 Å². The summed E-state index contributed by atoms with van der Waals surface area (Å²) in [6.45, 7) is 5.66. The van der Waals surface area contributed by atoms with Gasteiger partial charge in [0.2, 0.25) is 17.8 Å². The monoisotopic (exact) mass is 471 g/mol. The van der Waals surface area contributed by atoms with Crippen LogP contribution >= 0.6 is 0 Å². The van der Waals surface area contributed by atoms with E-state index < -0.39 is 12.7 Å². The van der Waals surface area contributed by atoms with Crippen molar-refractivity contribution in [1.82, 2.24) is 24.8 Å². The van der Waals surface area contributed by atoms with E-state index in [1.165, 1.54) is 0 Å². The maximum absolute atomic E-state index is 13.0. The van der Waals surface area contributed by atoms with E-state index in [0.717, 1.165) is 42.0 Å². The molecule has 2 atom stereocenters. The largest absolute Gasteiger partial charge is 0.378 e. The Morgan fingerprint density at radius 2 is 1.94 bits per heavy atom. The van der Waals surface area contributed by atoms with Gasteiger partial charge in [0.25, 0.3) is 0 Å². The van der Waals surface area contributed by atoms with Gasteiger partial charge in [0.15, 0.2) is 0 Å². The second kappa shape index (κ2) is 8.91. The van der Waals surface area contributed by atoms with Crippen LogP contribution in [-0.2, 0) is 16.0 Å². The van der Waals surface area contributed by atoms with Crippen LogP contribution in [0.25, 0.3) is 11.3 Å². The van der Waals surface area contributed by atoms with Crippen molar-refractivity contribution in [3.05, 3.63) is 18.0 Å². The van der Waals surface area contributed by atoms with E-state index in [-0.39, 0.29) is 17.4 Å². The highest BCUT2D eigenvalue weighted by molar-refractivity contribution is 5.82. The first-order valence-electron chi connectivity index (χ1n) is 11.6. The molecular weight excluding hydrogens is 441 g/mol. The minimum absolute atomic E-state index is 0.208. The fourth-order valence-electron chi connectivity index (χ4n) is 5.03. The van der Waals surface area contributed by atoms with E-state index in [4.69, 9.17) is 26.2 Å². The van der Waals surface area contributed by atoms with Crippen molar-refractivity contribution in [1.29, 1.82) is 0 Å². The summed E-state index contributed by atoms with van der Waals surface area (Å²) in [5.74, 6) is 1.35. The van der Waals surface area contributed by atoms with Crippen LogP contribution < -0.4 is 21.3 Å². The van der Waals surface area contributed by atoms with E-state index in [2.05, 4.69) is 26.7 Å². The molecule has 5 rings (SSSR count). The summed E-state index contributed by atoms with van der Waals surface area (Å²) in [6, 6.07) is -1.11. The Morgan fingerprint density at radius 3 is 2.65 bits per heavy atom. The Bertz CT molecular complexity index is 1060. The lowest BCUT2D eigenvalue weighted by atomic mass is 9.99. The molecule has 5 heterocycles. The number of ether oxygens (including phenoxy) is 1. The molecule has 11 nitrogen and oxygen atoms in total. The van der Waals surface area contributed by atoms with E-state index in [1.54, 1.807) is 17.3 Å². The smallest absolute Gasteiger partial charge is 0.242 e. The summed E-state index contributed by atoms with van der Waals surface area (Å²) in [7, 11) is 0. The fourth-order valence-corrected chi connectivity index (χ4v) is 5.03. The minimum Gasteiger partial charge on any atom is -0.378 e. The van der Waals surface area contributed by atoms with Crippen LogP contribution in [0.4, 0.5) is 22.1 Å². The number of nitrogen functional groups attached to an aromatic ring is 1. The molecule has 2 fully saturated rings. The Labute approximate surface area is 197 Å². The van der Waals surface area contributed by atoms with Crippen LogP contribution in [0.5, 0.6) is 0 Å². The third-order valence-electron chi connectivity index (χ3n) is 6.95. The third-order valence-corrected chi connectivity index (χ3v) is 6.95. The number of likely N-dealkylation sites (tertiary alicyclic amines) is 1. The van der Waals surface area contributed by atoms with Crippen molar-refractivity contribution in [3.63, 3.8) is 0 Å². The predicted molar refractivity (Wildman–Crippen MR) is 125 cm³/mol. The number of alkyl halides is 1. The SMILES string of the molecule is C[C@]1(N2CCc3c(-c4cnc(N)nc4)nc(N4CCOCC4)nc32)CCN(C(=O)[C@@H](N)CF)C1. The number of nitrogens with zero attached hydrogens (tertiary/aromatic N) is 7. The summed E-state index contributed by atoms with van der Waals surface area (Å²) in [6.07, 6.45) is 4.87. The Hall–Kier alpha value is -3.12. The highest BCUT2D eigenvalue weighted by atomic mass is 19.1. The maximum Gasteiger partial charge on any atom is 0.242 e. The van der Waals surface area contributed by atoms with Crippen LogP contribution in [0.15, 0.2) is 12.4 Å². The standard InChI is InChI=1S/C22H30FN9O2/c1-22(3-5-31(13-22)19(33)16(24)10-23)32-4-2-15-17(14-11-26-20(25)27-12-14)28-21(29-18(15)32)30-6-8-34-9-7-30/h11-12,16H,2-10,13,24H2,1H3,(H2,25,26,27)/t16-,22-/m0/s1. The van der Waals surface area contributed by atoms with Crippen molar-refractivity contribution < 1.29 is 13.9 Å². The predicted octanol–water partition coefficient (Wildman–Crippen LogP) is 0.00270. The van der Waals surface area contributed by atoms with Crippen molar-refractivity contribution in [2.45, 2.75) is 31.3 Å². The number of hydrogen-bond donors (Lipinski definition) is 2. The molecule has 0 aliphatic carbocycles. The molecule has 0 unspecified atom stereocenters. The molecule has 1 amide bonds. The lowest BCUT2D eigenvalue weighted by molar-refractivity contribution is -0.132. The second-order valence-electron chi connectivity index (χ2n) is 9.27. The van der Waals surface area contributed by atoms with Gasteiger partial charge in [-0.25, -0.2) is 19.3 Å². The minimum atomic E-state index is -1.11. The molecule has 2 saturated heterocycles. The number of amides is 1. The topological polar surface area (TPSA) is 140 Å². The molecule has 0 saturated carbocycles. The lowest BCUT2D eigenvalue weighted by Gasteiger charge is -2.37. The first-order chi connectivity index (χ1) is 16.4. The summed E-state index contributed by atoms with van der Waals surface area (Å²) in [5.41, 5.74) is 13.6. The van der Waals surface area contributed by atoms with Gasteiger partial charge in [-0.2, -0.15) is 4.98 Å². The number of hydrogen-bond acceptors (Lipinski definition) is 10. The van der Waals surface area contributed by atoms with E-state index >= 15 is 0 Å². The van der Waals surface area contributed by atoms with Gasteiger partial charge in [-0.15, -0.1) is 0 Å². The molecule has 0 aromatic carbocycles. The maximum atomic E-state index is 13.0. The number of morpholine rings is 1. The quantitative estimate of drug-likeness (QED) is 0.612. The van der Waals surface area contributed by atoms with E-state index in [0.29, 0.717) is 45.3 Å². The van der Waals surface area contributed by atoms with E-state index in [9.17, 15) is 9.18 Å². The van der Waals surface area contributed by atoms with Gasteiger partial charge in [0.05, 0.1) is 24.4 Å². The number of rotatable bonds is 5. The van der Waals surface area contributed by atoms with Gasteiger partial charge in [0, 0.05) is 56.2 Å². The van der Waals surface area contributed by atoms with Crippen molar-refractivity contribution in [2.75, 3.05) is 68.1 Å². The molecule has 0 bridgehead atoms. The summed E-state index contributed by atoms with van der Waals surface area (Å²) in [5, 5.41) is 0. The van der Waals surface area contributed by atoms with Crippen molar-refractivity contribution in [2.24, 2.45) is 5.73 Å². The molecule has 0 spiro atoms. The average molecular weight is 472 g/mol. The summed E-state index contributed by atoms with van der Waals surface area (Å²) >= 11 is 0. The van der Waals surface area contributed by atoms with Gasteiger partial charge >= 0.3 is 0 Å². The molecule has 2 aromatic rings. The number of aromatic nitrogens is 4. The van der Waals surface area contributed by atoms with Crippen LogP contribution in [0, 0.1) is 0 Å². The normalized spacial score (nSPS) is 23.3. The Balaban J connectivity index is 1.52. The second-order valence-corrected chi connectivity index (χ2v) is 9.27. The highest BCUT2D eigenvalue weighted by Crippen LogP contribution is 2.41. The van der Waals surface area contributed by atoms with Gasteiger partial charge in [-0.05, 0) is 19.8 Å². The molecule has 2 aromatic heterocycles. The molecular formula is C22H30FN9O2. The molecule has 182 valence electrons. The van der Waals surface area contributed by atoms with Gasteiger partial charge < -0.3 is 30.9 Å². The molecule has 34 heavy (non-hydrogen) atoms. The van der Waals surface area contributed by atoms with Gasteiger partial charge in [-0.3, -0.25) is 4.79 Å². The molecule has 3 aliphatic rings. The highest BCUT2D eigenvalue weighted by Gasteiger charge is 2.45. The van der Waals surface area contributed by atoms with Crippen LogP contribution in [0.3, 0.4) is 0 Å². The van der Waals surface area contributed by atoms with Crippen LogP contribution in [0.2, 0.25) is 0 Å². The van der Waals surface area contributed by atoms with Gasteiger partial charge in [-0.1, -0.05) is 0 Å². The lowest BCUT2D eigenvalue weighted by Crippen LogP contribution is -2.51. The number of anilines is 3. The summed E-state index contributed by atoms with van der Waals surface area (Å²) < 4.78 is 18.5. The van der Waals surface area contributed by atoms with Crippen LogP contribution in [-0.4, -0.2) is 94.9 Å².